The van der Waals surface area contributed by atoms with Crippen LogP contribution in [-0.2, 0) is 0 Å². The number of hydrogen-bond acceptors (Lipinski definition) is 1. The second-order valence-corrected chi connectivity index (χ2v) is 5.70. The Hall–Kier alpha value is -0.0400. The van der Waals surface area contributed by atoms with Crippen LogP contribution >= 0.6 is 0 Å². The van der Waals surface area contributed by atoms with Crippen LogP contribution in [0.15, 0.2) is 0 Å². The molecule has 0 rings (SSSR count). The van der Waals surface area contributed by atoms with Crippen molar-refractivity contribution in [2.45, 2.75) is 54.4 Å². The molecule has 1 unspecified atom stereocenters. The first kappa shape index (κ1) is 15.0. The average molecular weight is 213 g/mol. The summed E-state index contributed by atoms with van der Waals surface area (Å²) in [6.07, 6.45) is 2.65. The van der Waals surface area contributed by atoms with Gasteiger partial charge in [-0.1, -0.05) is 48.0 Å². The van der Waals surface area contributed by atoms with Gasteiger partial charge in [0.05, 0.1) is 0 Å². The molecule has 0 spiro atoms. The molecule has 0 aromatic heterocycles. The summed E-state index contributed by atoms with van der Waals surface area (Å²) in [6, 6.07) is 0. The van der Waals surface area contributed by atoms with Crippen LogP contribution < -0.4 is 5.32 Å². The predicted molar refractivity (Wildman–Crippen MR) is 70.1 cm³/mol. The summed E-state index contributed by atoms with van der Waals surface area (Å²) in [5, 5.41) is 3.63. The molecule has 0 aliphatic rings. The summed E-state index contributed by atoms with van der Waals surface area (Å²) < 4.78 is 0. The molecule has 1 nitrogen and oxygen atoms in total. The fraction of sp³-hybridized carbons (Fsp3) is 1.00. The van der Waals surface area contributed by atoms with Gasteiger partial charge in [0.15, 0.2) is 0 Å². The molecular formula is C14H31N. The number of hydrogen-bond donors (Lipinski definition) is 1. The van der Waals surface area contributed by atoms with E-state index in [0.29, 0.717) is 0 Å². The van der Waals surface area contributed by atoms with Gasteiger partial charge < -0.3 is 5.32 Å². The molecule has 15 heavy (non-hydrogen) atoms. The van der Waals surface area contributed by atoms with Crippen molar-refractivity contribution in [1.29, 1.82) is 0 Å². The van der Waals surface area contributed by atoms with E-state index in [1.165, 1.54) is 25.9 Å². The second-order valence-electron chi connectivity index (χ2n) is 5.70. The zero-order valence-electron chi connectivity index (χ0n) is 11.6. The molecule has 0 heterocycles. The molecule has 0 saturated heterocycles. The maximum Gasteiger partial charge on any atom is -0.00155 e. The van der Waals surface area contributed by atoms with E-state index >= 15 is 0 Å². The molecule has 1 heteroatoms. The van der Waals surface area contributed by atoms with Crippen molar-refractivity contribution in [3.05, 3.63) is 0 Å². The predicted octanol–water partition coefficient (Wildman–Crippen LogP) is 3.94. The van der Waals surface area contributed by atoms with Crippen molar-refractivity contribution in [2.24, 2.45) is 23.7 Å². The van der Waals surface area contributed by atoms with Crippen molar-refractivity contribution in [3.8, 4) is 0 Å². The topological polar surface area (TPSA) is 12.0 Å². The summed E-state index contributed by atoms with van der Waals surface area (Å²) >= 11 is 0. The molecule has 0 aliphatic heterocycles. The summed E-state index contributed by atoms with van der Waals surface area (Å²) in [4.78, 5) is 0. The van der Waals surface area contributed by atoms with Crippen molar-refractivity contribution in [3.63, 3.8) is 0 Å². The van der Waals surface area contributed by atoms with Gasteiger partial charge in [-0.2, -0.15) is 0 Å². The smallest absolute Gasteiger partial charge is 0.00155 e. The third-order valence-corrected chi connectivity index (χ3v) is 3.37. The van der Waals surface area contributed by atoms with Crippen LogP contribution in [0.5, 0.6) is 0 Å². The number of rotatable bonds is 8. The fourth-order valence-electron chi connectivity index (χ4n) is 2.33. The third-order valence-electron chi connectivity index (χ3n) is 3.37. The van der Waals surface area contributed by atoms with Gasteiger partial charge in [-0.05, 0) is 43.2 Å². The molecule has 92 valence electrons. The molecule has 0 radical (unpaired) electrons. The maximum atomic E-state index is 3.63. The molecule has 0 fully saturated rings. The summed E-state index contributed by atoms with van der Waals surface area (Å²) in [5.74, 6) is 3.23. The van der Waals surface area contributed by atoms with Crippen molar-refractivity contribution < 1.29 is 0 Å². The van der Waals surface area contributed by atoms with Gasteiger partial charge in [0, 0.05) is 0 Å². The van der Waals surface area contributed by atoms with E-state index in [1.807, 2.05) is 0 Å². The zero-order chi connectivity index (χ0) is 11.8. The monoisotopic (exact) mass is 213 g/mol. The molecule has 0 aliphatic carbocycles. The van der Waals surface area contributed by atoms with E-state index in [-0.39, 0.29) is 0 Å². The Kier molecular flexibility index (Phi) is 8.13. The molecular weight excluding hydrogens is 182 g/mol. The highest BCUT2D eigenvalue weighted by atomic mass is 14.9. The van der Waals surface area contributed by atoms with E-state index in [9.17, 15) is 0 Å². The average Bonchev–Trinajstić information content (AvgIpc) is 2.11. The Bertz CT molecular complexity index is 132. The van der Waals surface area contributed by atoms with E-state index < -0.39 is 0 Å². The van der Waals surface area contributed by atoms with Crippen LogP contribution in [0.4, 0.5) is 0 Å². The molecule has 1 atom stereocenters. The standard InChI is InChI=1S/C14H31N/c1-7-8-13(6)9-15-10-14(11(2)3)12(4)5/h11-15H,7-10H2,1-6H3. The van der Waals surface area contributed by atoms with Crippen LogP contribution in [0.3, 0.4) is 0 Å². The van der Waals surface area contributed by atoms with Gasteiger partial charge in [0.25, 0.3) is 0 Å². The molecule has 1 N–H and O–H groups in total. The highest BCUT2D eigenvalue weighted by Crippen LogP contribution is 2.19. The van der Waals surface area contributed by atoms with E-state index in [4.69, 9.17) is 0 Å². The molecule has 0 saturated carbocycles. The first-order valence-corrected chi connectivity index (χ1v) is 6.69. The summed E-state index contributed by atoms with van der Waals surface area (Å²) in [5.41, 5.74) is 0. The van der Waals surface area contributed by atoms with Crippen molar-refractivity contribution in [2.75, 3.05) is 13.1 Å². The van der Waals surface area contributed by atoms with Gasteiger partial charge in [-0.3, -0.25) is 0 Å². The van der Waals surface area contributed by atoms with Crippen LogP contribution in [0.1, 0.15) is 54.4 Å². The van der Waals surface area contributed by atoms with Crippen molar-refractivity contribution >= 4 is 0 Å². The van der Waals surface area contributed by atoms with E-state index in [0.717, 1.165) is 23.7 Å². The summed E-state index contributed by atoms with van der Waals surface area (Å²) in [7, 11) is 0. The van der Waals surface area contributed by atoms with Crippen LogP contribution in [-0.4, -0.2) is 13.1 Å². The van der Waals surface area contributed by atoms with Gasteiger partial charge in [0.1, 0.15) is 0 Å². The lowest BCUT2D eigenvalue weighted by atomic mass is 9.85. The zero-order valence-corrected chi connectivity index (χ0v) is 11.6. The lowest BCUT2D eigenvalue weighted by molar-refractivity contribution is 0.270. The SMILES string of the molecule is CCCC(C)CNCC(C(C)C)C(C)C. The normalized spacial score (nSPS) is 14.2. The van der Waals surface area contributed by atoms with E-state index in [1.54, 1.807) is 0 Å². The Labute approximate surface area is 97.0 Å². The Morgan fingerprint density at radius 1 is 0.867 bits per heavy atom. The van der Waals surface area contributed by atoms with Crippen molar-refractivity contribution in [1.82, 2.24) is 5.32 Å². The highest BCUT2D eigenvalue weighted by molar-refractivity contribution is 4.70. The lowest BCUT2D eigenvalue weighted by Crippen LogP contribution is -2.32. The van der Waals surface area contributed by atoms with Gasteiger partial charge in [0.2, 0.25) is 0 Å². The molecule has 0 aromatic rings. The first-order valence-electron chi connectivity index (χ1n) is 6.69. The molecule has 0 amide bonds. The first-order chi connectivity index (χ1) is 6.99. The maximum absolute atomic E-state index is 3.63. The highest BCUT2D eigenvalue weighted by Gasteiger charge is 2.16. The molecule has 0 aromatic carbocycles. The van der Waals surface area contributed by atoms with E-state index in [2.05, 4.69) is 46.9 Å². The Balaban J connectivity index is 3.71. The van der Waals surface area contributed by atoms with Gasteiger partial charge >= 0.3 is 0 Å². The number of nitrogens with one attached hydrogen (secondary N) is 1. The van der Waals surface area contributed by atoms with Gasteiger partial charge in [-0.25, -0.2) is 0 Å². The fourth-order valence-corrected chi connectivity index (χ4v) is 2.33. The second kappa shape index (κ2) is 8.15. The minimum atomic E-state index is 0.791. The Morgan fingerprint density at radius 2 is 1.40 bits per heavy atom. The lowest BCUT2D eigenvalue weighted by Gasteiger charge is -2.26. The van der Waals surface area contributed by atoms with Crippen LogP contribution in [0.25, 0.3) is 0 Å². The third kappa shape index (κ3) is 6.94. The van der Waals surface area contributed by atoms with Gasteiger partial charge in [-0.15, -0.1) is 0 Å². The largest absolute Gasteiger partial charge is 0.316 e. The van der Waals surface area contributed by atoms with Crippen LogP contribution in [0.2, 0.25) is 0 Å². The minimum absolute atomic E-state index is 0.791. The molecule has 0 bridgehead atoms. The van der Waals surface area contributed by atoms with Crippen LogP contribution in [0, 0.1) is 23.7 Å². The summed E-state index contributed by atoms with van der Waals surface area (Å²) in [6.45, 7) is 16.3. The quantitative estimate of drug-likeness (QED) is 0.644. The minimum Gasteiger partial charge on any atom is -0.316 e. The Morgan fingerprint density at radius 3 is 1.80 bits per heavy atom.